The van der Waals surface area contributed by atoms with E-state index in [2.05, 4.69) is 20.3 Å². The second-order valence-corrected chi connectivity index (χ2v) is 7.99. The van der Waals surface area contributed by atoms with E-state index in [0.717, 1.165) is 19.3 Å². The van der Waals surface area contributed by atoms with Crippen LogP contribution in [0.15, 0.2) is 29.3 Å². The number of anilines is 2. The van der Waals surface area contributed by atoms with Gasteiger partial charge in [-0.1, -0.05) is 23.7 Å². The van der Waals surface area contributed by atoms with Crippen LogP contribution < -0.4 is 21.5 Å². The van der Waals surface area contributed by atoms with E-state index in [1.165, 1.54) is 5.56 Å². The minimum atomic E-state index is -0.882. The van der Waals surface area contributed by atoms with Crippen molar-refractivity contribution in [3.05, 3.63) is 40.7 Å². The summed E-state index contributed by atoms with van der Waals surface area (Å²) in [6.45, 7) is 0.381. The van der Waals surface area contributed by atoms with Gasteiger partial charge in [0.15, 0.2) is 22.5 Å². The highest BCUT2D eigenvalue weighted by molar-refractivity contribution is 6.31. The molecule has 10 nitrogen and oxygen atoms in total. The molecular weight excluding hydrogens is 436 g/mol. The van der Waals surface area contributed by atoms with Crippen LogP contribution in [0.3, 0.4) is 0 Å². The van der Waals surface area contributed by atoms with E-state index in [9.17, 15) is 9.90 Å². The number of amides is 1. The number of aliphatic hydroxyl groups is 2. The zero-order valence-corrected chi connectivity index (χ0v) is 18.3. The van der Waals surface area contributed by atoms with E-state index >= 15 is 0 Å². The number of halogens is 1. The molecule has 2 heterocycles. The zero-order valence-electron chi connectivity index (χ0n) is 17.5. The Morgan fingerprint density at radius 2 is 2.00 bits per heavy atom. The Morgan fingerprint density at radius 1 is 1.25 bits per heavy atom. The smallest absolute Gasteiger partial charge is 0.279 e. The van der Waals surface area contributed by atoms with E-state index in [0.29, 0.717) is 30.5 Å². The van der Waals surface area contributed by atoms with E-state index < -0.39 is 12.0 Å². The second-order valence-electron chi connectivity index (χ2n) is 7.63. The molecule has 0 spiro atoms. The predicted octanol–water partition coefficient (Wildman–Crippen LogP) is 1.20. The maximum Gasteiger partial charge on any atom is 0.279 e. The summed E-state index contributed by atoms with van der Waals surface area (Å²) in [7, 11) is 0. The molecular formula is C21H27ClN6O4. The van der Waals surface area contributed by atoms with Crippen molar-refractivity contribution in [2.75, 3.05) is 31.2 Å². The molecule has 2 atom stereocenters. The highest BCUT2D eigenvalue weighted by Crippen LogP contribution is 2.22. The van der Waals surface area contributed by atoms with Gasteiger partial charge in [-0.3, -0.25) is 9.79 Å². The molecule has 0 saturated heterocycles. The predicted molar refractivity (Wildman–Crippen MR) is 122 cm³/mol. The number of ether oxygens (including phenoxy) is 1. The van der Waals surface area contributed by atoms with Crippen molar-refractivity contribution in [2.45, 2.75) is 31.8 Å². The molecule has 1 aromatic carbocycles. The van der Waals surface area contributed by atoms with Crippen molar-refractivity contribution < 1.29 is 19.7 Å². The molecule has 1 aromatic heterocycles. The largest absolute Gasteiger partial charge is 0.491 e. The number of aliphatic imine (C=N–C) groups is 1. The average molecular weight is 463 g/mol. The van der Waals surface area contributed by atoms with Gasteiger partial charge in [-0.25, -0.2) is 9.97 Å². The maximum absolute atomic E-state index is 12.4. The molecule has 0 saturated carbocycles. The molecule has 11 heteroatoms. The van der Waals surface area contributed by atoms with Gasteiger partial charge < -0.3 is 31.7 Å². The summed E-state index contributed by atoms with van der Waals surface area (Å²) in [6.07, 6.45) is 2.65. The number of aromatic nitrogens is 2. The number of carbonyl (C=O) groups excluding carboxylic acids is 1. The Kier molecular flexibility index (Phi) is 8.20. The van der Waals surface area contributed by atoms with E-state index in [-0.39, 0.29) is 35.7 Å². The fourth-order valence-electron chi connectivity index (χ4n) is 3.32. The summed E-state index contributed by atoms with van der Waals surface area (Å²) in [6, 6.07) is 7.68. The number of aliphatic hydroxyl groups excluding tert-OH is 2. The molecule has 32 heavy (non-hydrogen) atoms. The van der Waals surface area contributed by atoms with Crippen LogP contribution in [0.4, 0.5) is 11.6 Å². The lowest BCUT2D eigenvalue weighted by Gasteiger charge is -2.11. The minimum absolute atomic E-state index is 0.0263. The topological polar surface area (TPSA) is 169 Å². The Morgan fingerprint density at radius 3 is 2.72 bits per heavy atom. The summed E-state index contributed by atoms with van der Waals surface area (Å²) >= 11 is 5.83. The molecule has 7 N–H and O–H groups in total. The first kappa shape index (κ1) is 23.7. The van der Waals surface area contributed by atoms with Crippen LogP contribution in [0.25, 0.3) is 0 Å². The molecule has 172 valence electrons. The first-order valence-corrected chi connectivity index (χ1v) is 10.7. The van der Waals surface area contributed by atoms with Gasteiger partial charge in [0.25, 0.3) is 5.91 Å². The van der Waals surface area contributed by atoms with Crippen LogP contribution in [0.2, 0.25) is 5.15 Å². The summed E-state index contributed by atoms with van der Waals surface area (Å²) in [4.78, 5) is 24.5. The number of aryl methyl sites for hydroxylation is 1. The lowest BCUT2D eigenvalue weighted by Crippen LogP contribution is -2.31. The third-order valence-electron chi connectivity index (χ3n) is 5.05. The zero-order chi connectivity index (χ0) is 23.1. The standard InChI is InChI=1S/C21H27ClN6O4/c22-18-20(24)28-19(23)17(27-18)21(31)26-16-8-13(9-25-16)3-1-2-12-4-6-15(7-5-12)32-11-14(30)10-29/h4-7,13-14,29-30H,1-3,8-11H2,(H4,23,24,28)(H,25,26,31)/t13-,14-/m1/s1. The summed E-state index contributed by atoms with van der Waals surface area (Å²) in [5.41, 5.74) is 12.4. The molecule has 1 aliphatic heterocycles. The van der Waals surface area contributed by atoms with Crippen molar-refractivity contribution >= 4 is 35.0 Å². The van der Waals surface area contributed by atoms with Crippen LogP contribution in [0, 0.1) is 5.92 Å². The Bertz CT molecular complexity index is 970. The molecule has 0 fully saturated rings. The van der Waals surface area contributed by atoms with E-state index in [1.807, 2.05) is 24.3 Å². The summed E-state index contributed by atoms with van der Waals surface area (Å²) < 4.78 is 5.41. The number of nitrogen functional groups attached to an aromatic ring is 2. The number of carbonyl (C=O) groups is 1. The fraction of sp³-hybridized carbons (Fsp3) is 0.429. The quantitative estimate of drug-likeness (QED) is 0.370. The lowest BCUT2D eigenvalue weighted by atomic mass is 9.98. The van der Waals surface area contributed by atoms with Crippen molar-refractivity contribution in [1.82, 2.24) is 15.3 Å². The van der Waals surface area contributed by atoms with Crippen molar-refractivity contribution in [1.29, 1.82) is 0 Å². The number of nitrogens with zero attached hydrogens (tertiary/aromatic N) is 3. The van der Waals surface area contributed by atoms with Crippen molar-refractivity contribution in [3.63, 3.8) is 0 Å². The molecule has 0 radical (unpaired) electrons. The number of benzene rings is 1. The summed E-state index contributed by atoms with van der Waals surface area (Å²) in [5, 5.41) is 20.8. The molecule has 1 aliphatic rings. The van der Waals surface area contributed by atoms with Crippen LogP contribution in [0.5, 0.6) is 5.75 Å². The molecule has 0 aliphatic carbocycles. The van der Waals surface area contributed by atoms with Gasteiger partial charge in [-0.2, -0.15) is 0 Å². The van der Waals surface area contributed by atoms with Crippen LogP contribution >= 0.6 is 11.6 Å². The van der Waals surface area contributed by atoms with E-state index in [1.54, 1.807) is 0 Å². The first-order chi connectivity index (χ1) is 15.4. The van der Waals surface area contributed by atoms with Gasteiger partial charge in [0.1, 0.15) is 24.3 Å². The number of amidine groups is 1. The van der Waals surface area contributed by atoms with Gasteiger partial charge in [-0.05, 0) is 42.9 Å². The van der Waals surface area contributed by atoms with Gasteiger partial charge in [0, 0.05) is 13.0 Å². The van der Waals surface area contributed by atoms with Gasteiger partial charge in [-0.15, -0.1) is 0 Å². The van der Waals surface area contributed by atoms with Crippen LogP contribution in [-0.2, 0) is 6.42 Å². The van der Waals surface area contributed by atoms with Gasteiger partial charge in [0.2, 0.25) is 0 Å². The average Bonchev–Trinajstić information content (AvgIpc) is 3.22. The molecule has 0 unspecified atom stereocenters. The molecule has 0 bridgehead atoms. The third kappa shape index (κ3) is 6.52. The number of hydrogen-bond acceptors (Lipinski definition) is 9. The van der Waals surface area contributed by atoms with Crippen molar-refractivity contribution in [2.24, 2.45) is 10.9 Å². The highest BCUT2D eigenvalue weighted by atomic mass is 35.5. The second kappa shape index (κ2) is 11.1. The summed E-state index contributed by atoms with van der Waals surface area (Å²) in [5.74, 6) is 0.984. The molecule has 3 rings (SSSR count). The normalized spacial score (nSPS) is 16.5. The maximum atomic E-state index is 12.4. The Hall–Kier alpha value is -2.95. The number of rotatable bonds is 9. The molecule has 1 amide bonds. The number of hydrogen-bond donors (Lipinski definition) is 5. The highest BCUT2D eigenvalue weighted by Gasteiger charge is 2.23. The Labute approximate surface area is 190 Å². The fourth-order valence-corrected chi connectivity index (χ4v) is 3.44. The SMILES string of the molecule is Nc1nc(N)c(C(=O)NC2=NC[C@H](CCCc3ccc(OC[C@H](O)CO)cc3)C2)nc1Cl. The van der Waals surface area contributed by atoms with Gasteiger partial charge in [0.05, 0.1) is 6.61 Å². The first-order valence-electron chi connectivity index (χ1n) is 10.3. The van der Waals surface area contributed by atoms with Crippen LogP contribution in [-0.4, -0.2) is 57.8 Å². The monoisotopic (exact) mass is 462 g/mol. The lowest BCUT2D eigenvalue weighted by molar-refractivity contribution is 0.0536. The number of nitrogens with one attached hydrogen (secondary N) is 1. The van der Waals surface area contributed by atoms with Crippen molar-refractivity contribution in [3.8, 4) is 5.75 Å². The van der Waals surface area contributed by atoms with E-state index in [4.69, 9.17) is 32.9 Å². The third-order valence-corrected chi connectivity index (χ3v) is 5.33. The number of nitrogens with two attached hydrogens (primary N) is 2. The Balaban J connectivity index is 1.40. The minimum Gasteiger partial charge on any atom is -0.491 e. The molecule has 2 aromatic rings. The van der Waals surface area contributed by atoms with Gasteiger partial charge >= 0.3 is 0 Å². The van der Waals surface area contributed by atoms with Crippen LogP contribution in [0.1, 0.15) is 35.3 Å².